The van der Waals surface area contributed by atoms with Gasteiger partial charge in [0.05, 0.1) is 28.5 Å². The minimum atomic E-state index is -4.94. The number of alkyl halides is 6. The predicted octanol–water partition coefficient (Wildman–Crippen LogP) is 9.01. The Kier molecular flexibility index (Phi) is 9.53. The lowest BCUT2D eigenvalue weighted by Gasteiger charge is -2.44. The van der Waals surface area contributed by atoms with Crippen molar-refractivity contribution in [2.75, 3.05) is 17.2 Å². The lowest BCUT2D eigenvalue weighted by atomic mass is 9.78. The fourth-order valence-corrected chi connectivity index (χ4v) is 6.40. The van der Waals surface area contributed by atoms with E-state index in [2.05, 4.69) is 10.6 Å². The van der Waals surface area contributed by atoms with E-state index < -0.39 is 88.5 Å². The van der Waals surface area contributed by atoms with Crippen LogP contribution in [-0.4, -0.2) is 35.5 Å². The molecule has 2 fully saturated rings. The molecule has 5 nitrogen and oxygen atoms in total. The van der Waals surface area contributed by atoms with Gasteiger partial charge in [0, 0.05) is 24.0 Å². The van der Waals surface area contributed by atoms with E-state index in [-0.39, 0.29) is 11.6 Å². The summed E-state index contributed by atoms with van der Waals surface area (Å²) in [4.78, 5) is 28.0. The second-order valence-corrected chi connectivity index (χ2v) is 11.9. The van der Waals surface area contributed by atoms with Crippen LogP contribution in [0.1, 0.15) is 59.6 Å². The van der Waals surface area contributed by atoms with Crippen LogP contribution in [0.15, 0.2) is 60.7 Å². The molecule has 1 aliphatic heterocycles. The maximum Gasteiger partial charge on any atom is 0.417 e. The van der Waals surface area contributed by atoms with Gasteiger partial charge in [-0.25, -0.2) is 8.78 Å². The highest BCUT2D eigenvalue weighted by Gasteiger charge is 2.52. The standard InChI is InChI=1S/C32H28ClF8N3O2/c33-24-13-12-21(15-23(24)32(39,40)41)43-29(45)22-14-18(31(36,37)38)16-44(30(46)27-25(34)6-3-7-26(27)35)28(22)17-8-10-20(11-9-17)42-19-4-1-2-5-19/h3,6-13,15,18-19,22,28,42H,1-2,4-5,14,16H2,(H,43,45). The van der Waals surface area contributed by atoms with E-state index in [0.29, 0.717) is 16.7 Å². The van der Waals surface area contributed by atoms with Gasteiger partial charge >= 0.3 is 12.4 Å². The molecule has 0 radical (unpaired) electrons. The maximum absolute atomic E-state index is 14.8. The van der Waals surface area contributed by atoms with Gasteiger partial charge < -0.3 is 15.5 Å². The number of carbonyl (C=O) groups is 2. The number of hydrogen-bond acceptors (Lipinski definition) is 3. The number of amides is 2. The smallest absolute Gasteiger partial charge is 0.382 e. The largest absolute Gasteiger partial charge is 0.417 e. The van der Waals surface area contributed by atoms with Crippen LogP contribution < -0.4 is 10.6 Å². The van der Waals surface area contributed by atoms with Gasteiger partial charge in [0.15, 0.2) is 0 Å². The molecule has 5 rings (SSSR count). The molecule has 14 heteroatoms. The number of piperidine rings is 1. The molecule has 1 saturated heterocycles. The van der Waals surface area contributed by atoms with Crippen LogP contribution in [0.5, 0.6) is 0 Å². The Morgan fingerprint density at radius 3 is 2.04 bits per heavy atom. The Bertz CT molecular complexity index is 1570. The average molecular weight is 674 g/mol. The highest BCUT2D eigenvalue weighted by molar-refractivity contribution is 6.31. The summed E-state index contributed by atoms with van der Waals surface area (Å²) in [6.45, 7) is -1.02. The number of anilines is 2. The SMILES string of the molecule is O=C(Nc1ccc(Cl)c(C(F)(F)F)c1)C1CC(C(F)(F)F)CN(C(=O)c2c(F)cccc2F)C1c1ccc(NC2CCCC2)cc1. The van der Waals surface area contributed by atoms with Crippen LogP contribution in [0.3, 0.4) is 0 Å². The number of benzene rings is 3. The van der Waals surface area contributed by atoms with E-state index in [9.17, 15) is 44.7 Å². The summed E-state index contributed by atoms with van der Waals surface area (Å²) in [7, 11) is 0. The summed E-state index contributed by atoms with van der Waals surface area (Å²) in [6.07, 6.45) is -6.69. The third-order valence-corrected chi connectivity index (χ3v) is 8.76. The number of likely N-dealkylation sites (tertiary alicyclic amines) is 1. The van der Waals surface area contributed by atoms with Crippen LogP contribution in [-0.2, 0) is 11.0 Å². The molecular weight excluding hydrogens is 646 g/mol. The highest BCUT2D eigenvalue weighted by Crippen LogP contribution is 2.46. The zero-order chi connectivity index (χ0) is 33.4. The molecule has 246 valence electrons. The third-order valence-electron chi connectivity index (χ3n) is 8.43. The zero-order valence-electron chi connectivity index (χ0n) is 24.0. The molecule has 46 heavy (non-hydrogen) atoms. The van der Waals surface area contributed by atoms with Crippen LogP contribution in [0.4, 0.5) is 46.5 Å². The van der Waals surface area contributed by atoms with Crippen molar-refractivity contribution in [1.29, 1.82) is 0 Å². The lowest BCUT2D eigenvalue weighted by molar-refractivity contribution is -0.193. The molecule has 2 amide bonds. The van der Waals surface area contributed by atoms with Gasteiger partial charge in [-0.2, -0.15) is 26.3 Å². The number of halogens is 9. The molecule has 0 spiro atoms. The molecule has 3 aromatic rings. The van der Waals surface area contributed by atoms with Crippen molar-refractivity contribution in [2.24, 2.45) is 11.8 Å². The molecule has 0 bridgehead atoms. The number of rotatable bonds is 6. The lowest BCUT2D eigenvalue weighted by Crippen LogP contribution is -2.52. The summed E-state index contributed by atoms with van der Waals surface area (Å²) < 4.78 is 113. The van der Waals surface area contributed by atoms with Crippen molar-refractivity contribution < 1.29 is 44.7 Å². The quantitative estimate of drug-likeness (QED) is 0.257. The molecular formula is C32H28ClF8N3O2. The molecule has 3 aromatic carbocycles. The van der Waals surface area contributed by atoms with E-state index in [1.54, 1.807) is 12.1 Å². The van der Waals surface area contributed by atoms with Gasteiger partial charge in [-0.15, -0.1) is 0 Å². The molecule has 2 aliphatic rings. The van der Waals surface area contributed by atoms with Crippen molar-refractivity contribution in [3.63, 3.8) is 0 Å². The van der Waals surface area contributed by atoms with E-state index in [4.69, 9.17) is 11.6 Å². The molecule has 3 atom stereocenters. The van der Waals surface area contributed by atoms with Gasteiger partial charge in [-0.05, 0) is 67.3 Å². The van der Waals surface area contributed by atoms with Crippen molar-refractivity contribution in [2.45, 2.75) is 56.5 Å². The monoisotopic (exact) mass is 673 g/mol. The fourth-order valence-electron chi connectivity index (χ4n) is 6.17. The average Bonchev–Trinajstić information content (AvgIpc) is 3.50. The van der Waals surface area contributed by atoms with Crippen molar-refractivity contribution in [1.82, 2.24) is 4.90 Å². The van der Waals surface area contributed by atoms with Gasteiger partial charge in [-0.1, -0.05) is 42.6 Å². The Hall–Kier alpha value is -3.87. The van der Waals surface area contributed by atoms with Gasteiger partial charge in [-0.3, -0.25) is 9.59 Å². The Morgan fingerprint density at radius 2 is 1.46 bits per heavy atom. The summed E-state index contributed by atoms with van der Waals surface area (Å²) in [5.74, 6) is -9.15. The normalized spacial score (nSPS) is 20.9. The Morgan fingerprint density at radius 1 is 0.848 bits per heavy atom. The second kappa shape index (κ2) is 13.1. The molecule has 1 aliphatic carbocycles. The fraction of sp³-hybridized carbons (Fsp3) is 0.375. The summed E-state index contributed by atoms with van der Waals surface area (Å²) in [5, 5.41) is 4.93. The number of nitrogens with zero attached hydrogens (tertiary/aromatic N) is 1. The van der Waals surface area contributed by atoms with Crippen LogP contribution in [0, 0.1) is 23.5 Å². The van der Waals surface area contributed by atoms with Crippen LogP contribution in [0.2, 0.25) is 5.02 Å². The predicted molar refractivity (Wildman–Crippen MR) is 155 cm³/mol. The van der Waals surface area contributed by atoms with Crippen molar-refractivity contribution >= 4 is 34.8 Å². The summed E-state index contributed by atoms with van der Waals surface area (Å²) >= 11 is 5.67. The summed E-state index contributed by atoms with van der Waals surface area (Å²) in [5.41, 5.74) is -1.91. The minimum absolute atomic E-state index is 0.190. The topological polar surface area (TPSA) is 61.4 Å². The summed E-state index contributed by atoms with van der Waals surface area (Å²) in [6, 6.07) is 10.0. The first-order valence-electron chi connectivity index (χ1n) is 14.5. The van der Waals surface area contributed by atoms with Crippen molar-refractivity contribution in [3.05, 3.63) is 94.0 Å². The van der Waals surface area contributed by atoms with Gasteiger partial charge in [0.2, 0.25) is 5.91 Å². The third kappa shape index (κ3) is 7.24. The first-order chi connectivity index (χ1) is 21.6. The highest BCUT2D eigenvalue weighted by atomic mass is 35.5. The molecule has 3 unspecified atom stereocenters. The van der Waals surface area contributed by atoms with E-state index in [0.717, 1.165) is 56.0 Å². The molecule has 1 saturated carbocycles. The second-order valence-electron chi connectivity index (χ2n) is 11.5. The Labute approximate surface area is 263 Å². The van der Waals surface area contributed by atoms with Crippen LogP contribution in [0.25, 0.3) is 0 Å². The number of hydrogen-bond donors (Lipinski definition) is 2. The Balaban J connectivity index is 1.57. The number of nitrogens with one attached hydrogen (secondary N) is 2. The van der Waals surface area contributed by atoms with E-state index in [1.807, 2.05) is 0 Å². The van der Waals surface area contributed by atoms with Gasteiger partial charge in [0.25, 0.3) is 5.91 Å². The first-order valence-corrected chi connectivity index (χ1v) is 14.9. The molecule has 0 aromatic heterocycles. The van der Waals surface area contributed by atoms with Gasteiger partial charge in [0.1, 0.15) is 17.2 Å². The molecule has 2 N–H and O–H groups in total. The zero-order valence-corrected chi connectivity index (χ0v) is 24.7. The molecule has 1 heterocycles. The van der Waals surface area contributed by atoms with E-state index in [1.165, 1.54) is 12.1 Å². The van der Waals surface area contributed by atoms with E-state index >= 15 is 0 Å². The maximum atomic E-state index is 14.8. The van der Waals surface area contributed by atoms with Crippen LogP contribution >= 0.6 is 11.6 Å². The minimum Gasteiger partial charge on any atom is -0.382 e. The first kappa shape index (κ1) is 33.5. The number of carbonyl (C=O) groups excluding carboxylic acids is 2. The van der Waals surface area contributed by atoms with Crippen molar-refractivity contribution in [3.8, 4) is 0 Å².